The number of benzene rings is 3. The number of phenols is 5. The minimum absolute atomic E-state index is 0.0107. The van der Waals surface area contributed by atoms with E-state index >= 15 is 0 Å². The van der Waals surface area contributed by atoms with Gasteiger partial charge in [0.05, 0.1) is 5.56 Å². The third kappa shape index (κ3) is 5.44. The standard InChI is InChI=1S/C27H26O13/c1-11-17(9-14(28)19(20(11)31)21(32)12-5-3-2-4-6-12)39-27-25(36)24(35)23(34)18(40-27)10-38-26(37)13-7-15(29)22(33)16(30)8-13/h2-9,18,23-25,27-31,33-36H,10H2,1H3/t18-,23-,24+,25-,27-/m1/s1. The zero-order chi connectivity index (χ0) is 29.3. The lowest BCUT2D eigenvalue weighted by Crippen LogP contribution is -2.60. The number of carbonyl (C=O) groups excluding carboxylic acids is 2. The Morgan fingerprint density at radius 3 is 2.05 bits per heavy atom. The van der Waals surface area contributed by atoms with Gasteiger partial charge in [-0.2, -0.15) is 0 Å². The van der Waals surface area contributed by atoms with E-state index in [0.29, 0.717) is 0 Å². The molecule has 1 saturated heterocycles. The number of hydrogen-bond acceptors (Lipinski definition) is 13. The van der Waals surface area contributed by atoms with Crippen molar-refractivity contribution in [1.29, 1.82) is 0 Å². The van der Waals surface area contributed by atoms with Crippen LogP contribution in [0.4, 0.5) is 0 Å². The quantitative estimate of drug-likeness (QED) is 0.114. The predicted octanol–water partition coefficient (Wildman–Crippen LogP) is 0.797. The van der Waals surface area contributed by atoms with Gasteiger partial charge in [-0.05, 0) is 19.1 Å². The maximum absolute atomic E-state index is 12.8. The van der Waals surface area contributed by atoms with Crippen LogP contribution in [0, 0.1) is 6.92 Å². The van der Waals surface area contributed by atoms with E-state index in [1.54, 1.807) is 18.2 Å². The van der Waals surface area contributed by atoms with Crippen LogP contribution in [0.15, 0.2) is 48.5 Å². The summed E-state index contributed by atoms with van der Waals surface area (Å²) in [7, 11) is 0. The molecule has 13 nitrogen and oxygen atoms in total. The number of ether oxygens (including phenoxy) is 3. The van der Waals surface area contributed by atoms with Crippen LogP contribution < -0.4 is 4.74 Å². The molecule has 3 aromatic rings. The second-order valence-electron chi connectivity index (χ2n) is 9.03. The summed E-state index contributed by atoms with van der Waals surface area (Å²) < 4.78 is 16.1. The minimum atomic E-state index is -1.84. The molecule has 0 spiro atoms. The van der Waals surface area contributed by atoms with Gasteiger partial charge in [0, 0.05) is 17.2 Å². The van der Waals surface area contributed by atoms with E-state index in [1.807, 2.05) is 0 Å². The van der Waals surface area contributed by atoms with E-state index in [2.05, 4.69) is 0 Å². The first-order valence-corrected chi connectivity index (χ1v) is 11.8. The first kappa shape index (κ1) is 28.4. The molecule has 0 amide bonds. The molecule has 0 unspecified atom stereocenters. The lowest BCUT2D eigenvalue weighted by atomic mass is 9.98. The average molecular weight is 558 g/mol. The lowest BCUT2D eigenvalue weighted by Gasteiger charge is -2.40. The molecule has 0 aliphatic carbocycles. The Bertz CT molecular complexity index is 1400. The third-order valence-electron chi connectivity index (χ3n) is 6.34. The van der Waals surface area contributed by atoms with E-state index in [-0.39, 0.29) is 28.0 Å². The van der Waals surface area contributed by atoms with Gasteiger partial charge in [-0.1, -0.05) is 30.3 Å². The molecule has 1 aliphatic rings. The maximum Gasteiger partial charge on any atom is 0.338 e. The van der Waals surface area contributed by atoms with Crippen molar-refractivity contribution in [2.24, 2.45) is 0 Å². The summed E-state index contributed by atoms with van der Waals surface area (Å²) in [5.74, 6) is -5.62. The van der Waals surface area contributed by atoms with Gasteiger partial charge in [-0.15, -0.1) is 0 Å². The van der Waals surface area contributed by atoms with Crippen LogP contribution >= 0.6 is 0 Å². The van der Waals surface area contributed by atoms with Crippen LogP contribution in [0.5, 0.6) is 34.5 Å². The second-order valence-corrected chi connectivity index (χ2v) is 9.03. The van der Waals surface area contributed by atoms with E-state index in [9.17, 15) is 50.4 Å². The van der Waals surface area contributed by atoms with Gasteiger partial charge < -0.3 is 55.1 Å². The summed E-state index contributed by atoms with van der Waals surface area (Å²) in [5.41, 5.74) is -0.534. The number of phenolic OH excluding ortho intramolecular Hbond substituents is 5. The van der Waals surface area contributed by atoms with Crippen molar-refractivity contribution in [1.82, 2.24) is 0 Å². The Labute approximate surface area is 226 Å². The number of aliphatic hydroxyl groups excluding tert-OH is 3. The van der Waals surface area contributed by atoms with Crippen molar-refractivity contribution in [2.75, 3.05) is 6.61 Å². The van der Waals surface area contributed by atoms with Gasteiger partial charge >= 0.3 is 5.97 Å². The fourth-order valence-electron chi connectivity index (χ4n) is 4.05. The zero-order valence-corrected chi connectivity index (χ0v) is 20.8. The molecule has 4 rings (SSSR count). The molecular formula is C27H26O13. The molecule has 1 heterocycles. The number of rotatable bonds is 7. The zero-order valence-electron chi connectivity index (χ0n) is 20.8. The van der Waals surface area contributed by atoms with Crippen molar-refractivity contribution in [3.05, 3.63) is 70.8 Å². The first-order chi connectivity index (χ1) is 18.9. The summed E-state index contributed by atoms with van der Waals surface area (Å²) >= 11 is 0. The minimum Gasteiger partial charge on any atom is -0.507 e. The highest BCUT2D eigenvalue weighted by molar-refractivity contribution is 6.12. The van der Waals surface area contributed by atoms with Crippen LogP contribution in [-0.4, -0.2) is 89.9 Å². The Hall–Kier alpha value is -4.56. The molecule has 8 N–H and O–H groups in total. The van der Waals surface area contributed by atoms with Crippen molar-refractivity contribution in [2.45, 2.75) is 37.6 Å². The van der Waals surface area contributed by atoms with E-state index < -0.39 is 77.8 Å². The Morgan fingerprint density at radius 2 is 1.43 bits per heavy atom. The number of carbonyl (C=O) groups is 2. The van der Waals surface area contributed by atoms with Gasteiger partial charge in [0.2, 0.25) is 12.1 Å². The first-order valence-electron chi connectivity index (χ1n) is 11.8. The molecule has 5 atom stereocenters. The van der Waals surface area contributed by atoms with Gasteiger partial charge in [0.15, 0.2) is 17.2 Å². The highest BCUT2D eigenvalue weighted by Gasteiger charge is 2.46. The highest BCUT2D eigenvalue weighted by atomic mass is 16.7. The Balaban J connectivity index is 1.51. The summed E-state index contributed by atoms with van der Waals surface area (Å²) in [6.45, 7) is 0.681. The average Bonchev–Trinajstić information content (AvgIpc) is 2.93. The van der Waals surface area contributed by atoms with Crippen LogP contribution in [0.1, 0.15) is 31.8 Å². The topological polar surface area (TPSA) is 224 Å². The Morgan fingerprint density at radius 1 is 0.800 bits per heavy atom. The third-order valence-corrected chi connectivity index (χ3v) is 6.34. The summed E-state index contributed by atoms with van der Waals surface area (Å²) in [4.78, 5) is 25.2. The summed E-state index contributed by atoms with van der Waals surface area (Å²) in [6.07, 6.45) is -8.57. The van der Waals surface area contributed by atoms with Crippen molar-refractivity contribution >= 4 is 11.8 Å². The molecule has 40 heavy (non-hydrogen) atoms. The van der Waals surface area contributed by atoms with E-state index in [4.69, 9.17) is 14.2 Å². The summed E-state index contributed by atoms with van der Waals surface area (Å²) in [5, 5.41) is 80.9. The molecule has 3 aromatic carbocycles. The van der Waals surface area contributed by atoms with Crippen LogP contribution in [0.25, 0.3) is 0 Å². The van der Waals surface area contributed by atoms with Gasteiger partial charge in [0.1, 0.15) is 53.8 Å². The van der Waals surface area contributed by atoms with Crippen LogP contribution in [0.3, 0.4) is 0 Å². The molecule has 0 aromatic heterocycles. The lowest BCUT2D eigenvalue weighted by molar-refractivity contribution is -0.277. The number of aliphatic hydroxyl groups is 3. The smallest absolute Gasteiger partial charge is 0.338 e. The largest absolute Gasteiger partial charge is 0.507 e. The monoisotopic (exact) mass is 558 g/mol. The number of hydrogen-bond donors (Lipinski definition) is 8. The van der Waals surface area contributed by atoms with Crippen molar-refractivity contribution < 1.29 is 64.7 Å². The van der Waals surface area contributed by atoms with Crippen molar-refractivity contribution in [3.63, 3.8) is 0 Å². The van der Waals surface area contributed by atoms with Crippen molar-refractivity contribution in [3.8, 4) is 34.5 Å². The molecule has 1 aliphatic heterocycles. The fraction of sp³-hybridized carbons (Fsp3) is 0.259. The van der Waals surface area contributed by atoms with Crippen LogP contribution in [-0.2, 0) is 9.47 Å². The second kappa shape index (κ2) is 11.3. The molecule has 0 saturated carbocycles. The fourth-order valence-corrected chi connectivity index (χ4v) is 4.05. The Kier molecular flexibility index (Phi) is 8.02. The van der Waals surface area contributed by atoms with E-state index in [1.165, 1.54) is 19.1 Å². The molecule has 212 valence electrons. The number of aromatic hydroxyl groups is 5. The molecule has 0 bridgehead atoms. The maximum atomic E-state index is 12.8. The predicted molar refractivity (Wildman–Crippen MR) is 133 cm³/mol. The van der Waals surface area contributed by atoms with Gasteiger partial charge in [-0.25, -0.2) is 4.79 Å². The highest BCUT2D eigenvalue weighted by Crippen LogP contribution is 2.40. The van der Waals surface area contributed by atoms with Gasteiger partial charge in [0.25, 0.3) is 0 Å². The van der Waals surface area contributed by atoms with E-state index in [0.717, 1.165) is 18.2 Å². The molecule has 0 radical (unpaired) electrons. The molecule has 1 fully saturated rings. The molecular weight excluding hydrogens is 532 g/mol. The summed E-state index contributed by atoms with van der Waals surface area (Å²) in [6, 6.07) is 10.6. The number of esters is 1. The van der Waals surface area contributed by atoms with Gasteiger partial charge in [-0.3, -0.25) is 4.79 Å². The normalized spacial score (nSPS) is 22.4. The SMILES string of the molecule is Cc1c(O[C@@H]2O[C@H](COC(=O)c3cc(O)c(O)c(O)c3)[C@@H](O)[C@H](O)[C@H]2O)cc(O)c(C(=O)c2ccccc2)c1O. The molecule has 13 heteroatoms. The van der Waals surface area contributed by atoms with Crippen LogP contribution in [0.2, 0.25) is 0 Å². The number of ketones is 1.